The highest BCUT2D eigenvalue weighted by Crippen LogP contribution is 2.16. The fourth-order valence-corrected chi connectivity index (χ4v) is 3.72. The lowest BCUT2D eigenvalue weighted by Gasteiger charge is -2.16. The molecule has 27 heavy (non-hydrogen) atoms. The van der Waals surface area contributed by atoms with Crippen LogP contribution in [0.5, 0.6) is 5.75 Å². The van der Waals surface area contributed by atoms with E-state index in [9.17, 15) is 8.42 Å². The monoisotopic (exact) mass is 387 g/mol. The summed E-state index contributed by atoms with van der Waals surface area (Å²) >= 11 is 0. The summed E-state index contributed by atoms with van der Waals surface area (Å²) in [7, 11) is -2.01. The Labute approximate surface area is 158 Å². The summed E-state index contributed by atoms with van der Waals surface area (Å²) in [5, 5.41) is 3.88. The van der Waals surface area contributed by atoms with E-state index >= 15 is 0 Å². The first-order valence-electron chi connectivity index (χ1n) is 8.47. The van der Waals surface area contributed by atoms with Crippen molar-refractivity contribution in [2.45, 2.75) is 24.8 Å². The Hall–Kier alpha value is -2.71. The molecule has 0 aliphatic carbocycles. The minimum absolute atomic E-state index is 0.161. The molecule has 0 aliphatic rings. The summed E-state index contributed by atoms with van der Waals surface area (Å²) in [6.07, 6.45) is 0.344. The minimum Gasteiger partial charge on any atom is -0.484 e. The molecule has 2 aromatic carbocycles. The van der Waals surface area contributed by atoms with Gasteiger partial charge in [0.15, 0.2) is 12.4 Å². The van der Waals surface area contributed by atoms with Crippen LogP contribution in [0.1, 0.15) is 17.3 Å². The maximum Gasteiger partial charge on any atom is 0.264 e. The SMILES string of the molecule is Cc1cccc(S(=O)(=O)N(C)CCc2noc(COc3ccccc3)n2)c1. The average Bonchev–Trinajstić information content (AvgIpc) is 3.13. The van der Waals surface area contributed by atoms with E-state index in [2.05, 4.69) is 10.1 Å². The first-order valence-corrected chi connectivity index (χ1v) is 9.91. The molecule has 0 unspecified atom stereocenters. The number of nitrogens with zero attached hydrogens (tertiary/aromatic N) is 3. The van der Waals surface area contributed by atoms with Gasteiger partial charge in [-0.25, -0.2) is 12.7 Å². The van der Waals surface area contributed by atoms with Crippen LogP contribution < -0.4 is 4.74 Å². The van der Waals surface area contributed by atoms with E-state index < -0.39 is 10.0 Å². The molecule has 0 N–H and O–H groups in total. The van der Waals surface area contributed by atoms with Crippen molar-refractivity contribution in [3.63, 3.8) is 0 Å². The molecule has 142 valence electrons. The quantitative estimate of drug-likeness (QED) is 0.591. The van der Waals surface area contributed by atoms with Crippen molar-refractivity contribution < 1.29 is 17.7 Å². The van der Waals surface area contributed by atoms with E-state index in [4.69, 9.17) is 9.26 Å². The molecule has 8 heteroatoms. The van der Waals surface area contributed by atoms with Gasteiger partial charge in [0.25, 0.3) is 5.89 Å². The number of aromatic nitrogens is 2. The van der Waals surface area contributed by atoms with E-state index in [-0.39, 0.29) is 18.0 Å². The topological polar surface area (TPSA) is 85.5 Å². The van der Waals surface area contributed by atoms with E-state index in [1.807, 2.05) is 43.3 Å². The molecular weight excluding hydrogens is 366 g/mol. The van der Waals surface area contributed by atoms with Gasteiger partial charge in [0.2, 0.25) is 10.0 Å². The number of ether oxygens (including phenoxy) is 1. The number of hydrogen-bond acceptors (Lipinski definition) is 6. The van der Waals surface area contributed by atoms with Crippen molar-refractivity contribution in [3.05, 3.63) is 71.9 Å². The van der Waals surface area contributed by atoms with Crippen LogP contribution in [0.2, 0.25) is 0 Å². The number of aryl methyl sites for hydroxylation is 1. The highest BCUT2D eigenvalue weighted by molar-refractivity contribution is 7.89. The van der Waals surface area contributed by atoms with Gasteiger partial charge in [-0.15, -0.1) is 0 Å². The lowest BCUT2D eigenvalue weighted by molar-refractivity contribution is 0.242. The van der Waals surface area contributed by atoms with Crippen LogP contribution in [0.15, 0.2) is 64.0 Å². The van der Waals surface area contributed by atoms with Crippen LogP contribution in [-0.2, 0) is 23.1 Å². The molecule has 1 heterocycles. The van der Waals surface area contributed by atoms with Crippen molar-refractivity contribution in [2.75, 3.05) is 13.6 Å². The van der Waals surface area contributed by atoms with Gasteiger partial charge in [0.05, 0.1) is 4.90 Å². The Kier molecular flexibility index (Phi) is 5.88. The fourth-order valence-electron chi connectivity index (χ4n) is 2.45. The fraction of sp³-hybridized carbons (Fsp3) is 0.263. The summed E-state index contributed by atoms with van der Waals surface area (Å²) in [5.41, 5.74) is 0.894. The Morgan fingerprint density at radius 3 is 2.63 bits per heavy atom. The molecule has 0 bridgehead atoms. The highest BCUT2D eigenvalue weighted by atomic mass is 32.2. The zero-order chi connectivity index (χ0) is 19.3. The molecule has 0 aliphatic heterocycles. The number of hydrogen-bond donors (Lipinski definition) is 0. The highest BCUT2D eigenvalue weighted by Gasteiger charge is 2.21. The molecule has 0 radical (unpaired) electrons. The summed E-state index contributed by atoms with van der Waals surface area (Å²) in [6.45, 7) is 2.26. The standard InChI is InChI=1S/C19H21N3O4S/c1-15-7-6-10-17(13-15)27(23,24)22(2)12-11-18-20-19(26-21-18)14-25-16-8-4-3-5-9-16/h3-10,13H,11-12,14H2,1-2H3. The number of likely N-dealkylation sites (N-methyl/N-ethyl adjacent to an activating group) is 1. The van der Waals surface area contributed by atoms with Gasteiger partial charge < -0.3 is 9.26 Å². The predicted octanol–water partition coefficient (Wildman–Crippen LogP) is 2.82. The van der Waals surface area contributed by atoms with Gasteiger partial charge >= 0.3 is 0 Å². The van der Waals surface area contributed by atoms with Crippen LogP contribution >= 0.6 is 0 Å². The molecular formula is C19H21N3O4S. The van der Waals surface area contributed by atoms with Crippen molar-refractivity contribution >= 4 is 10.0 Å². The average molecular weight is 387 g/mol. The summed E-state index contributed by atoms with van der Waals surface area (Å²) in [5.74, 6) is 1.49. The summed E-state index contributed by atoms with van der Waals surface area (Å²) in [6, 6.07) is 16.2. The molecule has 3 aromatic rings. The number of para-hydroxylation sites is 1. The Morgan fingerprint density at radius 1 is 1.11 bits per heavy atom. The third-order valence-electron chi connectivity index (χ3n) is 3.96. The molecule has 0 atom stereocenters. The van der Waals surface area contributed by atoms with Crippen LogP contribution in [0.3, 0.4) is 0 Å². The maximum absolute atomic E-state index is 12.6. The molecule has 0 saturated carbocycles. The summed E-state index contributed by atoms with van der Waals surface area (Å²) < 4.78 is 37.2. The van der Waals surface area contributed by atoms with Gasteiger partial charge in [-0.1, -0.05) is 35.5 Å². The first kappa shape index (κ1) is 19.1. The second-order valence-corrected chi connectivity index (χ2v) is 8.14. The van der Waals surface area contributed by atoms with E-state index in [0.29, 0.717) is 23.9 Å². The number of rotatable bonds is 8. The molecule has 0 saturated heterocycles. The molecule has 0 spiro atoms. The predicted molar refractivity (Wildman–Crippen MR) is 99.8 cm³/mol. The van der Waals surface area contributed by atoms with Crippen molar-refractivity contribution in [3.8, 4) is 5.75 Å². The number of sulfonamides is 1. The van der Waals surface area contributed by atoms with Crippen molar-refractivity contribution in [1.29, 1.82) is 0 Å². The van der Waals surface area contributed by atoms with Crippen LogP contribution in [0, 0.1) is 6.92 Å². The minimum atomic E-state index is -3.55. The summed E-state index contributed by atoms with van der Waals surface area (Å²) in [4.78, 5) is 4.52. The third kappa shape index (κ3) is 4.93. The second-order valence-electron chi connectivity index (χ2n) is 6.10. The molecule has 0 fully saturated rings. The zero-order valence-corrected chi connectivity index (χ0v) is 16.0. The second kappa shape index (κ2) is 8.32. The Bertz CT molecular complexity index is 987. The molecule has 3 rings (SSSR count). The van der Waals surface area contributed by atoms with E-state index in [0.717, 1.165) is 5.56 Å². The molecule has 0 amide bonds. The normalized spacial score (nSPS) is 11.7. The van der Waals surface area contributed by atoms with E-state index in [1.165, 1.54) is 11.4 Å². The zero-order valence-electron chi connectivity index (χ0n) is 15.2. The Morgan fingerprint density at radius 2 is 1.89 bits per heavy atom. The molecule has 1 aromatic heterocycles. The molecule has 7 nitrogen and oxygen atoms in total. The lowest BCUT2D eigenvalue weighted by atomic mass is 10.2. The van der Waals surface area contributed by atoms with Crippen LogP contribution in [0.4, 0.5) is 0 Å². The lowest BCUT2D eigenvalue weighted by Crippen LogP contribution is -2.29. The van der Waals surface area contributed by atoms with Crippen LogP contribution in [0.25, 0.3) is 0 Å². The van der Waals surface area contributed by atoms with Gasteiger partial charge in [-0.2, -0.15) is 4.98 Å². The van der Waals surface area contributed by atoms with Gasteiger partial charge in [0.1, 0.15) is 5.75 Å². The maximum atomic E-state index is 12.6. The number of benzene rings is 2. The van der Waals surface area contributed by atoms with Gasteiger partial charge in [-0.05, 0) is 36.8 Å². The van der Waals surface area contributed by atoms with Gasteiger partial charge in [-0.3, -0.25) is 0 Å². The van der Waals surface area contributed by atoms with E-state index in [1.54, 1.807) is 18.2 Å². The van der Waals surface area contributed by atoms with Crippen molar-refractivity contribution in [1.82, 2.24) is 14.4 Å². The van der Waals surface area contributed by atoms with Gasteiger partial charge in [0, 0.05) is 20.0 Å². The smallest absolute Gasteiger partial charge is 0.264 e. The van der Waals surface area contributed by atoms with Crippen molar-refractivity contribution in [2.24, 2.45) is 0 Å². The Balaban J connectivity index is 1.56. The first-order chi connectivity index (χ1) is 12.9. The third-order valence-corrected chi connectivity index (χ3v) is 5.82. The van der Waals surface area contributed by atoms with Crippen LogP contribution in [-0.4, -0.2) is 36.5 Å². The largest absolute Gasteiger partial charge is 0.484 e.